The summed E-state index contributed by atoms with van der Waals surface area (Å²) in [5.74, 6) is 0. The van der Waals surface area contributed by atoms with Gasteiger partial charge in [0.1, 0.15) is 18.2 Å². The van der Waals surface area contributed by atoms with Gasteiger partial charge >= 0.3 is 0 Å². The van der Waals surface area contributed by atoms with Crippen molar-refractivity contribution in [2.75, 3.05) is 6.61 Å². The van der Waals surface area contributed by atoms with Crippen LogP contribution < -0.4 is 4.90 Å². The molecule has 0 radical (unpaired) electrons. The summed E-state index contributed by atoms with van der Waals surface area (Å²) in [5.41, 5.74) is 3.43. The predicted molar refractivity (Wildman–Crippen MR) is 85.7 cm³/mol. The van der Waals surface area contributed by atoms with Gasteiger partial charge in [-0.25, -0.2) is 0 Å². The van der Waals surface area contributed by atoms with Gasteiger partial charge in [0.05, 0.1) is 5.52 Å². The Hall–Kier alpha value is -2.24. The summed E-state index contributed by atoms with van der Waals surface area (Å²) in [7, 11) is 0. The standard InChI is InChI=1S/C18H18N4O/c1-2-6-13(7-3-1)16-12-23-18-11-10-17(21(16)18)22-15-9-5-4-8-14(15)19-20-22/h1-9,16-18H,10-12H2/p+1/t16-,17-,18+/m1/s1. The first-order chi connectivity index (χ1) is 11.4. The van der Waals surface area contributed by atoms with Crippen LogP contribution in [0.25, 0.3) is 11.0 Å². The van der Waals surface area contributed by atoms with E-state index in [1.165, 1.54) is 10.5 Å². The Bertz CT molecular complexity index is 831. The zero-order valence-electron chi connectivity index (χ0n) is 12.8. The van der Waals surface area contributed by atoms with Crippen LogP contribution in [-0.4, -0.2) is 27.8 Å². The average molecular weight is 307 g/mol. The molecule has 1 unspecified atom stereocenters. The number of nitrogens with zero attached hydrogens (tertiary/aromatic N) is 3. The van der Waals surface area contributed by atoms with Crippen LogP contribution in [0.15, 0.2) is 54.6 Å². The smallest absolute Gasteiger partial charge is 0.194 e. The van der Waals surface area contributed by atoms with Gasteiger partial charge in [0.15, 0.2) is 12.4 Å². The van der Waals surface area contributed by atoms with Crippen LogP contribution in [0.5, 0.6) is 0 Å². The number of aromatic nitrogens is 3. The van der Waals surface area contributed by atoms with E-state index < -0.39 is 0 Å². The van der Waals surface area contributed by atoms with Gasteiger partial charge in [-0.3, -0.25) is 4.90 Å². The van der Waals surface area contributed by atoms with Crippen LogP contribution >= 0.6 is 0 Å². The molecule has 5 heteroatoms. The Kier molecular flexibility index (Phi) is 2.96. The van der Waals surface area contributed by atoms with Crippen molar-refractivity contribution >= 4 is 11.0 Å². The number of benzene rings is 2. The van der Waals surface area contributed by atoms with Crippen molar-refractivity contribution in [3.63, 3.8) is 0 Å². The number of ether oxygens (including phenoxy) is 1. The molecular weight excluding hydrogens is 288 g/mol. The quantitative estimate of drug-likeness (QED) is 0.784. The molecule has 3 heterocycles. The number of nitrogens with one attached hydrogen (secondary N) is 1. The minimum Gasteiger partial charge on any atom is -0.323 e. The SMILES string of the molecule is c1ccc([C@H]2CO[C@H]3CC[C@@H](n4nnc5ccccc54)[NH+]32)cc1. The van der Waals surface area contributed by atoms with Crippen LogP contribution in [0.1, 0.15) is 30.6 Å². The second-order valence-electron chi connectivity index (χ2n) is 6.40. The summed E-state index contributed by atoms with van der Waals surface area (Å²) in [6.45, 7) is 0.785. The lowest BCUT2D eigenvalue weighted by atomic mass is 10.1. The van der Waals surface area contributed by atoms with E-state index >= 15 is 0 Å². The average Bonchev–Trinajstić information content (AvgIpc) is 3.30. The number of quaternary nitrogens is 1. The highest BCUT2D eigenvalue weighted by Crippen LogP contribution is 2.28. The maximum Gasteiger partial charge on any atom is 0.194 e. The van der Waals surface area contributed by atoms with E-state index in [1.54, 1.807) is 0 Å². The number of fused-ring (bicyclic) bond motifs is 2. The molecule has 5 rings (SSSR count). The number of para-hydroxylation sites is 1. The summed E-state index contributed by atoms with van der Waals surface area (Å²) in [6, 6.07) is 19.3. The first-order valence-electron chi connectivity index (χ1n) is 8.25. The number of rotatable bonds is 2. The van der Waals surface area contributed by atoms with E-state index in [0.29, 0.717) is 12.2 Å². The van der Waals surface area contributed by atoms with Gasteiger partial charge in [-0.15, -0.1) is 5.10 Å². The molecular formula is C18H19N4O+. The van der Waals surface area contributed by atoms with Crippen molar-refractivity contribution in [3.8, 4) is 0 Å². The summed E-state index contributed by atoms with van der Waals surface area (Å²) in [4.78, 5) is 1.48. The molecule has 23 heavy (non-hydrogen) atoms. The van der Waals surface area contributed by atoms with E-state index in [-0.39, 0.29) is 6.23 Å². The molecule has 2 aromatic carbocycles. The largest absolute Gasteiger partial charge is 0.323 e. The van der Waals surface area contributed by atoms with Crippen LogP contribution in [0, 0.1) is 0 Å². The Morgan fingerprint density at radius 3 is 2.74 bits per heavy atom. The minimum atomic E-state index is 0.271. The van der Waals surface area contributed by atoms with Crippen LogP contribution in [0.4, 0.5) is 0 Å². The van der Waals surface area contributed by atoms with Gasteiger partial charge in [0.25, 0.3) is 0 Å². The normalized spacial score (nSPS) is 29.9. The zero-order chi connectivity index (χ0) is 15.2. The Morgan fingerprint density at radius 1 is 1.00 bits per heavy atom. The van der Waals surface area contributed by atoms with Gasteiger partial charge < -0.3 is 4.74 Å². The predicted octanol–water partition coefficient (Wildman–Crippen LogP) is 1.71. The fraction of sp³-hybridized carbons (Fsp3) is 0.333. The highest BCUT2D eigenvalue weighted by atomic mass is 16.5. The third-order valence-corrected chi connectivity index (χ3v) is 5.20. The molecule has 116 valence electrons. The molecule has 2 aliphatic heterocycles. The Morgan fingerprint density at radius 2 is 1.83 bits per heavy atom. The van der Waals surface area contributed by atoms with Gasteiger partial charge in [0.2, 0.25) is 0 Å². The minimum absolute atomic E-state index is 0.271. The molecule has 2 aliphatic rings. The van der Waals surface area contributed by atoms with Gasteiger partial charge in [-0.2, -0.15) is 4.68 Å². The summed E-state index contributed by atoms with van der Waals surface area (Å²) in [6.07, 6.45) is 2.72. The summed E-state index contributed by atoms with van der Waals surface area (Å²) in [5, 5.41) is 8.79. The molecule has 4 atom stereocenters. The molecule has 2 fully saturated rings. The van der Waals surface area contributed by atoms with Crippen molar-refractivity contribution < 1.29 is 9.64 Å². The number of hydrogen-bond acceptors (Lipinski definition) is 3. The number of hydrogen-bond donors (Lipinski definition) is 1. The monoisotopic (exact) mass is 307 g/mol. The van der Waals surface area contributed by atoms with Crippen molar-refractivity contribution in [1.82, 2.24) is 15.0 Å². The third kappa shape index (κ3) is 2.00. The van der Waals surface area contributed by atoms with Crippen LogP contribution in [-0.2, 0) is 4.74 Å². The van der Waals surface area contributed by atoms with Crippen LogP contribution in [0.2, 0.25) is 0 Å². The first-order valence-corrected chi connectivity index (χ1v) is 8.25. The van der Waals surface area contributed by atoms with Crippen molar-refractivity contribution in [1.29, 1.82) is 0 Å². The molecule has 0 amide bonds. The molecule has 0 spiro atoms. The molecule has 2 saturated heterocycles. The van der Waals surface area contributed by atoms with Gasteiger partial charge in [0, 0.05) is 18.4 Å². The third-order valence-electron chi connectivity index (χ3n) is 5.20. The fourth-order valence-electron chi connectivity index (χ4n) is 4.16. The molecule has 0 saturated carbocycles. The molecule has 1 aromatic heterocycles. The van der Waals surface area contributed by atoms with Gasteiger partial charge in [-0.1, -0.05) is 47.7 Å². The van der Waals surface area contributed by atoms with E-state index in [1.807, 2.05) is 12.1 Å². The second-order valence-corrected chi connectivity index (χ2v) is 6.40. The van der Waals surface area contributed by atoms with E-state index in [0.717, 1.165) is 30.5 Å². The van der Waals surface area contributed by atoms with E-state index in [2.05, 4.69) is 57.5 Å². The van der Waals surface area contributed by atoms with Crippen molar-refractivity contribution in [2.24, 2.45) is 0 Å². The lowest BCUT2D eigenvalue weighted by molar-refractivity contribution is -0.976. The first kappa shape index (κ1) is 13.2. The summed E-state index contributed by atoms with van der Waals surface area (Å²) >= 11 is 0. The molecule has 3 aromatic rings. The molecule has 1 N–H and O–H groups in total. The van der Waals surface area contributed by atoms with Gasteiger partial charge in [-0.05, 0) is 12.1 Å². The Balaban J connectivity index is 1.56. The van der Waals surface area contributed by atoms with Crippen molar-refractivity contribution in [3.05, 3.63) is 60.2 Å². The topological polar surface area (TPSA) is 44.4 Å². The highest BCUT2D eigenvalue weighted by molar-refractivity contribution is 5.73. The lowest BCUT2D eigenvalue weighted by Crippen LogP contribution is -3.13. The van der Waals surface area contributed by atoms with E-state index in [4.69, 9.17) is 4.74 Å². The highest BCUT2D eigenvalue weighted by Gasteiger charge is 2.50. The van der Waals surface area contributed by atoms with Crippen LogP contribution in [0.3, 0.4) is 0 Å². The van der Waals surface area contributed by atoms with E-state index in [9.17, 15) is 0 Å². The second kappa shape index (κ2) is 5.15. The molecule has 0 bridgehead atoms. The van der Waals surface area contributed by atoms with Crippen molar-refractivity contribution in [2.45, 2.75) is 31.3 Å². The fourth-order valence-corrected chi connectivity index (χ4v) is 4.16. The zero-order valence-corrected chi connectivity index (χ0v) is 12.8. The lowest BCUT2D eigenvalue weighted by Gasteiger charge is -2.26. The summed E-state index contributed by atoms with van der Waals surface area (Å²) < 4.78 is 8.19. The maximum absolute atomic E-state index is 6.09. The maximum atomic E-state index is 6.09. The molecule has 0 aliphatic carbocycles. The Labute approximate surface area is 134 Å². The molecule has 5 nitrogen and oxygen atoms in total.